The maximum Gasteiger partial charge on any atom is 0.306 e. The largest absolute Gasteiger partial charge is 0.459 e. The highest BCUT2D eigenvalue weighted by molar-refractivity contribution is 7.98. The lowest BCUT2D eigenvalue weighted by Gasteiger charge is -2.09. The van der Waals surface area contributed by atoms with E-state index in [1.54, 1.807) is 12.1 Å². The number of carbonyl (C=O) groups is 1. The zero-order valence-electron chi connectivity index (χ0n) is 15.9. The van der Waals surface area contributed by atoms with Crippen molar-refractivity contribution in [3.05, 3.63) is 59.0 Å². The third-order valence-corrected chi connectivity index (χ3v) is 4.73. The smallest absolute Gasteiger partial charge is 0.306 e. The first kappa shape index (κ1) is 20.0. The minimum absolute atomic E-state index is 0.0173. The van der Waals surface area contributed by atoms with Crippen LogP contribution in [0, 0.1) is 19.7 Å². The second kappa shape index (κ2) is 8.97. The third-order valence-electron chi connectivity index (χ3n) is 4.19. The zero-order valence-corrected chi connectivity index (χ0v) is 16.7. The van der Waals surface area contributed by atoms with Crippen LogP contribution in [0.25, 0.3) is 11.5 Å². The van der Waals surface area contributed by atoms with E-state index in [1.807, 2.05) is 20.1 Å². The van der Waals surface area contributed by atoms with Crippen molar-refractivity contribution in [2.75, 3.05) is 6.26 Å². The summed E-state index contributed by atoms with van der Waals surface area (Å²) in [6, 6.07) is 5.81. The molecule has 0 saturated carbocycles. The number of benzene rings is 1. The van der Waals surface area contributed by atoms with Gasteiger partial charge in [-0.1, -0.05) is 11.8 Å². The molecule has 0 aliphatic carbocycles. The van der Waals surface area contributed by atoms with Crippen LogP contribution in [0.1, 0.15) is 29.1 Å². The fraction of sp³-hybridized carbons (Fsp3) is 0.300. The van der Waals surface area contributed by atoms with Crippen LogP contribution in [-0.4, -0.2) is 27.2 Å². The van der Waals surface area contributed by atoms with E-state index in [4.69, 9.17) is 9.15 Å². The van der Waals surface area contributed by atoms with Gasteiger partial charge >= 0.3 is 5.97 Å². The number of nitrogens with zero attached hydrogens (tertiary/aromatic N) is 3. The molecule has 0 spiro atoms. The van der Waals surface area contributed by atoms with Crippen molar-refractivity contribution in [1.29, 1.82) is 0 Å². The van der Waals surface area contributed by atoms with Gasteiger partial charge in [0.05, 0.1) is 0 Å². The first-order chi connectivity index (χ1) is 13.5. The van der Waals surface area contributed by atoms with Gasteiger partial charge in [-0.05, 0) is 56.4 Å². The molecular formula is C20H20FN3O3S. The maximum atomic E-state index is 13.0. The minimum atomic E-state index is -0.334. The lowest BCUT2D eigenvalue weighted by Crippen LogP contribution is -2.09. The van der Waals surface area contributed by atoms with Gasteiger partial charge in [-0.2, -0.15) is 0 Å². The molecule has 0 aliphatic rings. The highest BCUT2D eigenvalue weighted by Gasteiger charge is 2.13. The second-order valence-electron chi connectivity index (χ2n) is 6.17. The molecule has 0 N–H and O–H groups in total. The molecule has 3 rings (SSSR count). The van der Waals surface area contributed by atoms with Gasteiger partial charge in [0.15, 0.2) is 5.16 Å². The van der Waals surface area contributed by atoms with Gasteiger partial charge in [-0.3, -0.25) is 4.79 Å². The normalized spacial score (nSPS) is 10.9. The molecule has 3 aromatic rings. The summed E-state index contributed by atoms with van der Waals surface area (Å²) in [6.07, 6.45) is 4.10. The van der Waals surface area contributed by atoms with Gasteiger partial charge in [0.2, 0.25) is 5.89 Å². The Morgan fingerprint density at radius 3 is 2.46 bits per heavy atom. The van der Waals surface area contributed by atoms with Crippen LogP contribution in [0.5, 0.6) is 0 Å². The number of hydrogen-bond donors (Lipinski definition) is 0. The predicted molar refractivity (Wildman–Crippen MR) is 103 cm³/mol. The Kier molecular flexibility index (Phi) is 6.41. The van der Waals surface area contributed by atoms with E-state index in [-0.39, 0.29) is 24.8 Å². The number of esters is 1. The molecule has 0 bridgehead atoms. The van der Waals surface area contributed by atoms with Crippen molar-refractivity contribution in [2.45, 2.75) is 38.5 Å². The molecule has 8 heteroatoms. The average Bonchev–Trinajstić information content (AvgIpc) is 3.15. The summed E-state index contributed by atoms with van der Waals surface area (Å²) in [5.74, 6) is -0.314. The van der Waals surface area contributed by atoms with E-state index in [0.29, 0.717) is 23.6 Å². The number of oxazole rings is 1. The number of aryl methyl sites for hydroxylation is 2. The highest BCUT2D eigenvalue weighted by Crippen LogP contribution is 2.20. The van der Waals surface area contributed by atoms with E-state index in [9.17, 15) is 9.18 Å². The molecule has 146 valence electrons. The molecule has 0 amide bonds. The standard InChI is InChI=1S/C20H20FN3O3S/c1-12-17(13(2)23-20(22-12)28-3)8-9-18(25)26-10-16-11-27-19(24-16)14-4-6-15(21)7-5-14/h4-7,11H,8-10H2,1-3H3. The molecule has 2 aromatic heterocycles. The molecule has 6 nitrogen and oxygen atoms in total. The molecular weight excluding hydrogens is 381 g/mol. The summed E-state index contributed by atoms with van der Waals surface area (Å²) < 4.78 is 23.6. The Hall–Kier alpha value is -2.74. The lowest BCUT2D eigenvalue weighted by atomic mass is 10.1. The van der Waals surface area contributed by atoms with E-state index in [1.165, 1.54) is 30.2 Å². The highest BCUT2D eigenvalue weighted by atomic mass is 32.2. The number of ether oxygens (including phenoxy) is 1. The molecule has 1 aromatic carbocycles. The molecule has 0 atom stereocenters. The molecule has 0 unspecified atom stereocenters. The van der Waals surface area contributed by atoms with E-state index < -0.39 is 0 Å². The second-order valence-corrected chi connectivity index (χ2v) is 6.94. The van der Waals surface area contributed by atoms with E-state index in [0.717, 1.165) is 22.1 Å². The Morgan fingerprint density at radius 1 is 1.14 bits per heavy atom. The monoisotopic (exact) mass is 401 g/mol. The Balaban J connectivity index is 1.53. The summed E-state index contributed by atoms with van der Waals surface area (Å²) in [5.41, 5.74) is 3.87. The number of aromatic nitrogens is 3. The van der Waals surface area contributed by atoms with Gasteiger partial charge in [0, 0.05) is 23.4 Å². The van der Waals surface area contributed by atoms with Crippen molar-refractivity contribution in [2.24, 2.45) is 0 Å². The van der Waals surface area contributed by atoms with Crippen LogP contribution in [0.4, 0.5) is 4.39 Å². The Morgan fingerprint density at radius 2 is 1.82 bits per heavy atom. The molecule has 2 heterocycles. The topological polar surface area (TPSA) is 78.1 Å². The van der Waals surface area contributed by atoms with E-state index in [2.05, 4.69) is 15.0 Å². The quantitative estimate of drug-likeness (QED) is 0.332. The van der Waals surface area contributed by atoms with Crippen molar-refractivity contribution in [3.8, 4) is 11.5 Å². The van der Waals surface area contributed by atoms with Gasteiger partial charge in [0.1, 0.15) is 24.4 Å². The van der Waals surface area contributed by atoms with Gasteiger partial charge in [-0.15, -0.1) is 0 Å². The van der Waals surface area contributed by atoms with Crippen LogP contribution in [-0.2, 0) is 22.6 Å². The summed E-state index contributed by atoms with van der Waals surface area (Å²) in [7, 11) is 0. The number of hydrogen-bond acceptors (Lipinski definition) is 7. The van der Waals surface area contributed by atoms with Crippen molar-refractivity contribution < 1.29 is 18.3 Å². The lowest BCUT2D eigenvalue weighted by molar-refractivity contribution is -0.145. The van der Waals surface area contributed by atoms with Crippen molar-refractivity contribution in [3.63, 3.8) is 0 Å². The Bertz CT molecular complexity index is 950. The van der Waals surface area contributed by atoms with Gasteiger partial charge in [0.25, 0.3) is 0 Å². The first-order valence-electron chi connectivity index (χ1n) is 8.70. The molecule has 0 radical (unpaired) electrons. The number of carbonyl (C=O) groups excluding carboxylic acids is 1. The molecule has 0 saturated heterocycles. The Labute approximate surface area is 166 Å². The number of rotatable bonds is 7. The fourth-order valence-corrected chi connectivity index (χ4v) is 3.17. The van der Waals surface area contributed by atoms with Crippen LogP contribution >= 0.6 is 11.8 Å². The van der Waals surface area contributed by atoms with Crippen LogP contribution in [0.15, 0.2) is 40.1 Å². The molecule has 0 aliphatic heterocycles. The minimum Gasteiger partial charge on any atom is -0.459 e. The first-order valence-corrected chi connectivity index (χ1v) is 9.93. The average molecular weight is 401 g/mol. The third kappa shape index (κ3) is 4.95. The number of thioether (sulfide) groups is 1. The summed E-state index contributed by atoms with van der Waals surface area (Å²) in [6.45, 7) is 3.85. The van der Waals surface area contributed by atoms with Gasteiger partial charge in [-0.25, -0.2) is 19.3 Å². The summed E-state index contributed by atoms with van der Waals surface area (Å²) in [5, 5.41) is 0.726. The van der Waals surface area contributed by atoms with Gasteiger partial charge < -0.3 is 9.15 Å². The van der Waals surface area contributed by atoms with Crippen LogP contribution in [0.3, 0.4) is 0 Å². The molecule has 28 heavy (non-hydrogen) atoms. The van der Waals surface area contributed by atoms with Crippen molar-refractivity contribution in [1.82, 2.24) is 15.0 Å². The molecule has 0 fully saturated rings. The SMILES string of the molecule is CSc1nc(C)c(CCC(=O)OCc2coc(-c3ccc(F)cc3)n2)c(C)n1. The van der Waals surface area contributed by atoms with E-state index >= 15 is 0 Å². The maximum absolute atomic E-state index is 13.0. The summed E-state index contributed by atoms with van der Waals surface area (Å²) in [4.78, 5) is 25.2. The predicted octanol–water partition coefficient (Wildman–Crippen LogP) is 4.29. The number of halogens is 1. The van der Waals surface area contributed by atoms with Crippen molar-refractivity contribution >= 4 is 17.7 Å². The van der Waals surface area contributed by atoms with Crippen LogP contribution < -0.4 is 0 Å². The zero-order chi connectivity index (χ0) is 20.1. The fourth-order valence-electron chi connectivity index (χ4n) is 2.71. The van der Waals surface area contributed by atoms with Crippen LogP contribution in [0.2, 0.25) is 0 Å². The summed E-state index contributed by atoms with van der Waals surface area (Å²) >= 11 is 1.49.